The van der Waals surface area contributed by atoms with Crippen molar-refractivity contribution in [2.75, 3.05) is 5.32 Å². The van der Waals surface area contributed by atoms with Crippen molar-refractivity contribution in [2.45, 2.75) is 39.0 Å². The second-order valence-electron chi connectivity index (χ2n) is 5.58. The van der Waals surface area contributed by atoms with E-state index in [4.69, 9.17) is 16.7 Å². The number of carboxylic acid groups (broad SMARTS) is 1. The predicted octanol–water partition coefficient (Wildman–Crippen LogP) is 3.95. The Hall–Kier alpha value is -1.55. The van der Waals surface area contributed by atoms with Crippen LogP contribution in [0.15, 0.2) is 18.2 Å². The minimum Gasteiger partial charge on any atom is -0.478 e. The highest BCUT2D eigenvalue weighted by Gasteiger charge is 2.34. The van der Waals surface area contributed by atoms with E-state index < -0.39 is 5.97 Å². The highest BCUT2D eigenvalue weighted by molar-refractivity contribution is 6.33. The lowest BCUT2D eigenvalue weighted by atomic mass is 9.75. The van der Waals surface area contributed by atoms with Crippen molar-refractivity contribution < 1.29 is 14.7 Å². The fraction of sp³-hybridized carbons (Fsp3) is 0.467. The summed E-state index contributed by atoms with van der Waals surface area (Å²) in [6, 6.07) is 4.51. The van der Waals surface area contributed by atoms with Crippen LogP contribution >= 0.6 is 11.6 Å². The van der Waals surface area contributed by atoms with Crippen molar-refractivity contribution in [3.05, 3.63) is 28.8 Å². The van der Waals surface area contributed by atoms with Gasteiger partial charge in [0.25, 0.3) is 0 Å². The van der Waals surface area contributed by atoms with E-state index in [0.29, 0.717) is 5.69 Å². The molecule has 0 bridgehead atoms. The van der Waals surface area contributed by atoms with Crippen LogP contribution in [0.4, 0.5) is 5.69 Å². The zero-order valence-electron chi connectivity index (χ0n) is 11.4. The zero-order chi connectivity index (χ0) is 14.8. The largest absolute Gasteiger partial charge is 0.478 e. The summed E-state index contributed by atoms with van der Waals surface area (Å²) < 4.78 is 0. The molecule has 1 aliphatic carbocycles. The fourth-order valence-electron chi connectivity index (χ4n) is 2.61. The van der Waals surface area contributed by atoms with Crippen LogP contribution < -0.4 is 5.32 Å². The number of anilines is 1. The summed E-state index contributed by atoms with van der Waals surface area (Å²) in [5, 5.41) is 12.0. The predicted molar refractivity (Wildman–Crippen MR) is 78.2 cm³/mol. The van der Waals surface area contributed by atoms with E-state index in [1.165, 1.54) is 18.6 Å². The van der Waals surface area contributed by atoms with Gasteiger partial charge >= 0.3 is 5.97 Å². The smallest absolute Gasteiger partial charge is 0.337 e. The summed E-state index contributed by atoms with van der Waals surface area (Å²) in [6.45, 7) is 1.97. The number of nitrogens with one attached hydrogen (secondary N) is 1. The van der Waals surface area contributed by atoms with Gasteiger partial charge < -0.3 is 10.4 Å². The van der Waals surface area contributed by atoms with E-state index in [1.807, 2.05) is 6.92 Å². The van der Waals surface area contributed by atoms with E-state index in [1.54, 1.807) is 6.07 Å². The molecule has 1 fully saturated rings. The van der Waals surface area contributed by atoms with Crippen LogP contribution in [-0.4, -0.2) is 17.0 Å². The summed E-state index contributed by atoms with van der Waals surface area (Å²) in [5.41, 5.74) is 0.114. The Bertz CT molecular complexity index is 536. The number of hydrogen-bond donors (Lipinski definition) is 2. The molecule has 20 heavy (non-hydrogen) atoms. The van der Waals surface area contributed by atoms with Crippen molar-refractivity contribution >= 4 is 29.2 Å². The number of carboxylic acids is 1. The number of rotatable bonds is 3. The molecule has 0 spiro atoms. The van der Waals surface area contributed by atoms with Gasteiger partial charge in [-0.25, -0.2) is 4.79 Å². The maximum Gasteiger partial charge on any atom is 0.337 e. The molecule has 5 heteroatoms. The van der Waals surface area contributed by atoms with Crippen molar-refractivity contribution in [1.29, 1.82) is 0 Å². The van der Waals surface area contributed by atoms with Crippen LogP contribution in [-0.2, 0) is 4.79 Å². The van der Waals surface area contributed by atoms with Gasteiger partial charge in [0.2, 0.25) is 5.91 Å². The van der Waals surface area contributed by atoms with E-state index >= 15 is 0 Å². The molecule has 0 unspecified atom stereocenters. The Morgan fingerprint density at radius 2 is 1.90 bits per heavy atom. The first kappa shape index (κ1) is 14.9. The van der Waals surface area contributed by atoms with Gasteiger partial charge in [-0.05, 0) is 31.0 Å². The number of halogens is 1. The Balaban J connectivity index is 2.15. The van der Waals surface area contributed by atoms with E-state index in [2.05, 4.69) is 5.32 Å². The standard InChI is InChI=1S/C15H18ClNO3/c1-15(7-3-2-4-8-15)14(20)17-10-5-6-12(16)11(9-10)13(18)19/h5-6,9H,2-4,7-8H2,1H3,(H,17,20)(H,18,19). The number of benzene rings is 1. The first-order valence-electron chi connectivity index (χ1n) is 6.77. The molecule has 0 saturated heterocycles. The van der Waals surface area contributed by atoms with Gasteiger partial charge in [-0.1, -0.05) is 37.8 Å². The molecule has 1 aliphatic rings. The number of amides is 1. The normalized spacial score (nSPS) is 17.5. The van der Waals surface area contributed by atoms with Gasteiger partial charge in [0.15, 0.2) is 0 Å². The van der Waals surface area contributed by atoms with Crippen LogP contribution in [0.3, 0.4) is 0 Å². The third kappa shape index (κ3) is 3.12. The number of hydrogen-bond acceptors (Lipinski definition) is 2. The molecule has 0 heterocycles. The Labute approximate surface area is 123 Å². The molecule has 108 valence electrons. The van der Waals surface area contributed by atoms with Crippen LogP contribution in [0.1, 0.15) is 49.4 Å². The van der Waals surface area contributed by atoms with Gasteiger partial charge in [-0.2, -0.15) is 0 Å². The molecule has 0 atom stereocenters. The van der Waals surface area contributed by atoms with Gasteiger partial charge in [0.1, 0.15) is 0 Å². The maximum absolute atomic E-state index is 12.4. The minimum atomic E-state index is -1.10. The Morgan fingerprint density at radius 3 is 2.50 bits per heavy atom. The van der Waals surface area contributed by atoms with Crippen LogP contribution in [0, 0.1) is 5.41 Å². The van der Waals surface area contributed by atoms with E-state index in [9.17, 15) is 9.59 Å². The second kappa shape index (κ2) is 5.83. The summed E-state index contributed by atoms with van der Waals surface area (Å²) in [5.74, 6) is -1.15. The average molecular weight is 296 g/mol. The topological polar surface area (TPSA) is 66.4 Å². The third-order valence-electron chi connectivity index (χ3n) is 3.96. The van der Waals surface area contributed by atoms with Crippen LogP contribution in [0.5, 0.6) is 0 Å². The van der Waals surface area contributed by atoms with E-state index in [-0.39, 0.29) is 21.9 Å². The number of carbonyl (C=O) groups is 2. The molecule has 0 aliphatic heterocycles. The molecule has 0 aromatic heterocycles. The molecule has 2 N–H and O–H groups in total. The third-order valence-corrected chi connectivity index (χ3v) is 4.29. The van der Waals surface area contributed by atoms with Crippen molar-refractivity contribution in [1.82, 2.24) is 0 Å². The molecular formula is C15H18ClNO3. The Kier molecular flexibility index (Phi) is 4.33. The lowest BCUT2D eigenvalue weighted by Gasteiger charge is -2.32. The SMILES string of the molecule is CC1(C(=O)Nc2ccc(Cl)c(C(=O)O)c2)CCCCC1. The average Bonchev–Trinajstić information content (AvgIpc) is 2.41. The summed E-state index contributed by atoms with van der Waals surface area (Å²) in [6.07, 6.45) is 5.04. The van der Waals surface area contributed by atoms with Gasteiger partial charge in [0, 0.05) is 11.1 Å². The minimum absolute atomic E-state index is 0.00161. The van der Waals surface area contributed by atoms with Gasteiger partial charge in [-0.15, -0.1) is 0 Å². The molecule has 0 radical (unpaired) electrons. The summed E-state index contributed by atoms with van der Waals surface area (Å²) >= 11 is 5.81. The maximum atomic E-state index is 12.4. The fourth-order valence-corrected chi connectivity index (χ4v) is 2.81. The molecule has 1 aromatic carbocycles. The number of carbonyl (C=O) groups excluding carboxylic acids is 1. The number of aromatic carboxylic acids is 1. The van der Waals surface area contributed by atoms with E-state index in [0.717, 1.165) is 25.7 Å². The molecule has 1 aromatic rings. The molecule has 1 saturated carbocycles. The molecule has 1 amide bonds. The summed E-state index contributed by atoms with van der Waals surface area (Å²) in [4.78, 5) is 23.4. The van der Waals surface area contributed by atoms with Crippen LogP contribution in [0.25, 0.3) is 0 Å². The quantitative estimate of drug-likeness (QED) is 0.887. The highest BCUT2D eigenvalue weighted by atomic mass is 35.5. The molecule has 4 nitrogen and oxygen atoms in total. The zero-order valence-corrected chi connectivity index (χ0v) is 12.2. The second-order valence-corrected chi connectivity index (χ2v) is 5.98. The van der Waals surface area contributed by atoms with Crippen molar-refractivity contribution in [3.8, 4) is 0 Å². The Morgan fingerprint density at radius 1 is 1.25 bits per heavy atom. The first-order valence-corrected chi connectivity index (χ1v) is 7.14. The van der Waals surface area contributed by atoms with Crippen LogP contribution in [0.2, 0.25) is 5.02 Å². The monoisotopic (exact) mass is 295 g/mol. The highest BCUT2D eigenvalue weighted by Crippen LogP contribution is 2.36. The van der Waals surface area contributed by atoms with Crippen molar-refractivity contribution in [2.24, 2.45) is 5.41 Å². The van der Waals surface area contributed by atoms with Gasteiger partial charge in [0.05, 0.1) is 10.6 Å². The molecular weight excluding hydrogens is 278 g/mol. The first-order chi connectivity index (χ1) is 9.42. The lowest BCUT2D eigenvalue weighted by Crippen LogP contribution is -2.35. The van der Waals surface area contributed by atoms with Crippen molar-refractivity contribution in [3.63, 3.8) is 0 Å². The molecule has 2 rings (SSSR count). The lowest BCUT2D eigenvalue weighted by molar-refractivity contribution is -0.126. The summed E-state index contributed by atoms with van der Waals surface area (Å²) in [7, 11) is 0. The van der Waals surface area contributed by atoms with Gasteiger partial charge in [-0.3, -0.25) is 4.79 Å².